The zero-order valence-electron chi connectivity index (χ0n) is 47.2. The summed E-state index contributed by atoms with van der Waals surface area (Å²) in [5.74, 6) is -2.57. The maximum atomic E-state index is 12.8. The van der Waals surface area contributed by atoms with Crippen molar-refractivity contribution < 1.29 is 66.5 Å². The Hall–Kier alpha value is -4.16. The molecule has 0 radical (unpaired) electrons. The van der Waals surface area contributed by atoms with Crippen molar-refractivity contribution in [3.63, 3.8) is 0 Å². The van der Waals surface area contributed by atoms with Gasteiger partial charge in [0.05, 0.1) is 47.8 Å². The lowest BCUT2D eigenvalue weighted by Crippen LogP contribution is -2.67. The van der Waals surface area contributed by atoms with Gasteiger partial charge in [-0.05, 0) is 67.8 Å². The van der Waals surface area contributed by atoms with Crippen LogP contribution in [0.4, 0.5) is 0 Å². The minimum atomic E-state index is -2.73. The van der Waals surface area contributed by atoms with Gasteiger partial charge < -0.3 is 56.9 Å². The van der Waals surface area contributed by atoms with Crippen LogP contribution < -0.4 is 10.4 Å². The molecule has 1 N–H and O–H groups in total. The minimum absolute atomic E-state index is 0.0144. The van der Waals surface area contributed by atoms with Crippen LogP contribution >= 0.6 is 0 Å². The van der Waals surface area contributed by atoms with Gasteiger partial charge in [0.25, 0.3) is 8.32 Å². The highest BCUT2D eigenvalue weighted by Gasteiger charge is 2.52. The number of aliphatic hydroxyl groups excluding tert-OH is 1. The second-order valence-electron chi connectivity index (χ2n) is 21.9. The smallest absolute Gasteiger partial charge is 0.340 e. The summed E-state index contributed by atoms with van der Waals surface area (Å²) in [6.07, 6.45) is 3.52. The van der Waals surface area contributed by atoms with Gasteiger partial charge in [-0.15, -0.1) is 13.2 Å². The fourth-order valence-corrected chi connectivity index (χ4v) is 14.9. The Balaban J connectivity index is 0.000000431. The van der Waals surface area contributed by atoms with E-state index in [-0.39, 0.29) is 48.9 Å². The number of carbonyl (C=O) groups excluding carboxylic acids is 2. The first kappa shape index (κ1) is 63.1. The van der Waals surface area contributed by atoms with E-state index in [1.165, 1.54) is 10.4 Å². The van der Waals surface area contributed by atoms with Crippen LogP contribution in [-0.2, 0) is 61.4 Å². The summed E-state index contributed by atoms with van der Waals surface area (Å²) in [6.45, 7) is 38.0. The Morgan fingerprint density at radius 3 is 1.33 bits per heavy atom. The summed E-state index contributed by atoms with van der Waals surface area (Å²) in [5, 5.41) is 11.9. The van der Waals surface area contributed by atoms with Gasteiger partial charge in [-0.3, -0.25) is 0 Å². The highest BCUT2D eigenvalue weighted by Crippen LogP contribution is 2.42. The summed E-state index contributed by atoms with van der Waals surface area (Å²) >= 11 is 0. The van der Waals surface area contributed by atoms with Crippen molar-refractivity contribution in [3.8, 4) is 0 Å². The molecule has 0 unspecified atom stereocenters. The molecular weight excluding hydrogens is 949 g/mol. The third-order valence-electron chi connectivity index (χ3n) is 13.3. The highest BCUT2D eigenvalue weighted by atomic mass is 28.4. The van der Waals surface area contributed by atoms with E-state index < -0.39 is 55.2 Å². The van der Waals surface area contributed by atoms with Crippen LogP contribution in [0.5, 0.6) is 0 Å². The lowest BCUT2D eigenvalue weighted by Gasteiger charge is -2.45. The summed E-state index contributed by atoms with van der Waals surface area (Å²) < 4.78 is 65.9. The third-order valence-corrected chi connectivity index (χ3v) is 18.3. The number of hydrogen-bond acceptors (Lipinski definition) is 14. The molecule has 0 saturated heterocycles. The second-order valence-corrected chi connectivity index (χ2v) is 26.2. The van der Waals surface area contributed by atoms with Crippen molar-refractivity contribution in [1.29, 1.82) is 0 Å². The summed E-state index contributed by atoms with van der Waals surface area (Å²) in [5.41, 5.74) is -0.778. The van der Waals surface area contributed by atoms with E-state index in [0.29, 0.717) is 55.3 Å². The number of benzene rings is 2. The quantitative estimate of drug-likeness (QED) is 0.0372. The van der Waals surface area contributed by atoms with Crippen molar-refractivity contribution >= 4 is 30.6 Å². The molecule has 0 aromatic heterocycles. The number of carbonyl (C=O) groups is 2. The Labute approximate surface area is 438 Å². The SMILES string of the molecule is C=CCO[C@](C)(C[C@@H](C)CO)[C@H](OCOC)[C@@H](C)C1=C(C)C(=O)OC(C)(C)O1.C=CCO[C@](C)(C[C@@H](C)CO[Si](c1ccccc1)(c1ccccc1)C(C)(C)C)[C@H](OCOC)[C@@H](C)C1=C(C)C(=O)OC(C)(C)O1. The molecule has 0 amide bonds. The number of ether oxygens (including phenoxy) is 10. The molecular formula is C58H90O14Si. The van der Waals surface area contributed by atoms with Crippen LogP contribution in [-0.4, -0.2) is 115 Å². The van der Waals surface area contributed by atoms with Crippen molar-refractivity contribution in [2.75, 3.05) is 54.2 Å². The molecule has 0 aliphatic carbocycles. The van der Waals surface area contributed by atoms with E-state index >= 15 is 0 Å². The second kappa shape index (κ2) is 27.6. The van der Waals surface area contributed by atoms with Crippen molar-refractivity contribution in [2.45, 2.75) is 157 Å². The van der Waals surface area contributed by atoms with Crippen LogP contribution in [0.15, 0.2) is 109 Å². The van der Waals surface area contributed by atoms with E-state index in [1.807, 2.05) is 27.7 Å². The Bertz CT molecular complexity index is 2090. The standard InChI is InChI=1S/C37H54O7Si.C21H36O7/c1-12-23-41-37(10,33(40-26-39-11)28(3)32-29(4)34(38)44-36(8,9)43-32)24-27(2)25-42-45(35(5,6)7,30-19-15-13-16-20-30)31-21-17-14-18-22-31;1-9-10-26-21(7,11-14(2)12-22)18(25-13-24-8)15(3)17-16(4)19(23)28-20(5,6)27-17/h12-22,27-28,33H,1,23-26H2,2-11H3;9,14-15,18,22H,1,10-13H2,2-8H3/t27-,28+,33-,37-;14-,15+,18-,21-/m11/s1. The van der Waals surface area contributed by atoms with E-state index in [0.717, 1.165) is 0 Å². The Morgan fingerprint density at radius 1 is 0.630 bits per heavy atom. The first-order valence-electron chi connectivity index (χ1n) is 25.5. The lowest BCUT2D eigenvalue weighted by atomic mass is 9.80. The monoisotopic (exact) mass is 1040 g/mol. The number of aliphatic hydroxyl groups is 1. The van der Waals surface area contributed by atoms with E-state index in [9.17, 15) is 14.7 Å². The van der Waals surface area contributed by atoms with Gasteiger partial charge >= 0.3 is 11.9 Å². The van der Waals surface area contributed by atoms with Gasteiger partial charge in [0.1, 0.15) is 25.1 Å². The average Bonchev–Trinajstić information content (AvgIpc) is 3.32. The molecule has 410 valence electrons. The molecule has 0 saturated carbocycles. The predicted molar refractivity (Wildman–Crippen MR) is 287 cm³/mol. The normalized spacial score (nSPS) is 20.0. The van der Waals surface area contributed by atoms with Gasteiger partial charge in [-0.2, -0.15) is 0 Å². The Morgan fingerprint density at radius 2 is 1.00 bits per heavy atom. The average molecular weight is 1040 g/mol. The lowest BCUT2D eigenvalue weighted by molar-refractivity contribution is -0.225. The van der Waals surface area contributed by atoms with Crippen molar-refractivity contribution in [3.05, 3.63) is 109 Å². The van der Waals surface area contributed by atoms with Crippen LogP contribution in [0.3, 0.4) is 0 Å². The maximum absolute atomic E-state index is 12.8. The number of methoxy groups -OCH3 is 2. The fourth-order valence-electron chi connectivity index (χ4n) is 10.2. The number of esters is 2. The van der Waals surface area contributed by atoms with Gasteiger partial charge in [0.15, 0.2) is 0 Å². The van der Waals surface area contributed by atoms with Gasteiger partial charge in [-0.1, -0.05) is 121 Å². The molecule has 2 aromatic carbocycles. The van der Waals surface area contributed by atoms with Crippen LogP contribution in [0.25, 0.3) is 0 Å². The first-order chi connectivity index (χ1) is 34.1. The minimum Gasteiger partial charge on any atom is -0.456 e. The molecule has 4 rings (SSSR count). The van der Waals surface area contributed by atoms with E-state index in [1.54, 1.807) is 67.9 Å². The topological polar surface area (TPSA) is 156 Å². The van der Waals surface area contributed by atoms with Crippen LogP contribution in [0.1, 0.15) is 117 Å². The van der Waals surface area contributed by atoms with Gasteiger partial charge in [-0.25, -0.2) is 9.59 Å². The number of cyclic esters (lactones) is 2. The van der Waals surface area contributed by atoms with Gasteiger partial charge in [0, 0.05) is 67.0 Å². The summed E-state index contributed by atoms with van der Waals surface area (Å²) in [4.78, 5) is 25.1. The zero-order chi connectivity index (χ0) is 55.0. The fraction of sp³-hybridized carbons (Fsp3) is 0.621. The highest BCUT2D eigenvalue weighted by molar-refractivity contribution is 6.99. The molecule has 2 aromatic rings. The van der Waals surface area contributed by atoms with Gasteiger partial charge in [0.2, 0.25) is 11.6 Å². The molecule has 0 spiro atoms. The molecule has 0 bridgehead atoms. The van der Waals surface area contributed by atoms with Crippen LogP contribution in [0.2, 0.25) is 5.04 Å². The largest absolute Gasteiger partial charge is 0.456 e. The zero-order valence-corrected chi connectivity index (χ0v) is 48.2. The number of hydrogen-bond donors (Lipinski definition) is 1. The van der Waals surface area contributed by atoms with Crippen molar-refractivity contribution in [2.24, 2.45) is 23.7 Å². The molecule has 14 nitrogen and oxygen atoms in total. The number of rotatable bonds is 28. The maximum Gasteiger partial charge on any atom is 0.340 e. The summed E-state index contributed by atoms with van der Waals surface area (Å²) in [6, 6.07) is 21.3. The van der Waals surface area contributed by atoms with Crippen LogP contribution in [0, 0.1) is 23.7 Å². The molecule has 73 heavy (non-hydrogen) atoms. The Kier molecular flexibility index (Phi) is 23.8. The molecule has 2 aliphatic rings. The van der Waals surface area contributed by atoms with E-state index in [2.05, 4.69) is 108 Å². The third kappa shape index (κ3) is 16.7. The molecule has 15 heteroatoms. The van der Waals surface area contributed by atoms with Crippen molar-refractivity contribution in [1.82, 2.24) is 0 Å². The van der Waals surface area contributed by atoms with E-state index in [4.69, 9.17) is 51.8 Å². The molecule has 8 atom stereocenters. The summed E-state index contributed by atoms with van der Waals surface area (Å²) in [7, 11) is 0.404. The molecule has 2 aliphatic heterocycles. The predicted octanol–water partition coefficient (Wildman–Crippen LogP) is 9.93. The molecule has 2 heterocycles. The first-order valence-corrected chi connectivity index (χ1v) is 27.4. The molecule has 0 fully saturated rings.